The summed E-state index contributed by atoms with van der Waals surface area (Å²) in [4.78, 5) is 2.42. The number of nitrogens with zero attached hydrogens (tertiary/aromatic N) is 1. The topological polar surface area (TPSA) is 49.5 Å². The van der Waals surface area contributed by atoms with Crippen molar-refractivity contribution in [2.45, 2.75) is 45.6 Å². The Bertz CT molecular complexity index is 184. The smallest absolute Gasteiger partial charge is 0.0488 e. The van der Waals surface area contributed by atoms with Gasteiger partial charge in [-0.1, -0.05) is 6.92 Å². The summed E-state index contributed by atoms with van der Waals surface area (Å²) in [6.45, 7) is 9.77. The van der Waals surface area contributed by atoms with E-state index in [4.69, 9.17) is 5.73 Å². The van der Waals surface area contributed by atoms with Crippen molar-refractivity contribution >= 4 is 0 Å². The van der Waals surface area contributed by atoms with Gasteiger partial charge in [-0.15, -0.1) is 0 Å². The van der Waals surface area contributed by atoms with Crippen LogP contribution in [0.2, 0.25) is 0 Å². The second-order valence-electron chi connectivity index (χ2n) is 5.78. The maximum absolute atomic E-state index is 9.42. The Kier molecular flexibility index (Phi) is 4.15. The summed E-state index contributed by atoms with van der Waals surface area (Å²) in [7, 11) is 0. The molecule has 0 spiro atoms. The number of rotatable bonds is 4. The number of hydrogen-bond acceptors (Lipinski definition) is 3. The zero-order chi connectivity index (χ0) is 11.5. The first-order valence-corrected chi connectivity index (χ1v) is 6.03. The maximum Gasteiger partial charge on any atom is 0.0488 e. The predicted molar refractivity (Wildman–Crippen MR) is 63.8 cm³/mol. The van der Waals surface area contributed by atoms with Gasteiger partial charge in [-0.05, 0) is 51.6 Å². The van der Waals surface area contributed by atoms with E-state index in [1.165, 1.54) is 0 Å². The van der Waals surface area contributed by atoms with Gasteiger partial charge in [0, 0.05) is 18.7 Å². The lowest BCUT2D eigenvalue weighted by Gasteiger charge is -2.42. The molecule has 15 heavy (non-hydrogen) atoms. The van der Waals surface area contributed by atoms with E-state index < -0.39 is 0 Å². The van der Waals surface area contributed by atoms with E-state index in [-0.39, 0.29) is 11.0 Å². The first kappa shape index (κ1) is 12.9. The van der Waals surface area contributed by atoms with Crippen LogP contribution in [0.5, 0.6) is 0 Å². The van der Waals surface area contributed by atoms with Crippen LogP contribution in [-0.4, -0.2) is 41.8 Å². The molecule has 0 aliphatic carbocycles. The summed E-state index contributed by atoms with van der Waals surface area (Å²) in [6.07, 6.45) is 3.30. The van der Waals surface area contributed by atoms with E-state index >= 15 is 0 Å². The summed E-state index contributed by atoms with van der Waals surface area (Å²) in [5.74, 6) is 0. The fraction of sp³-hybridized carbons (Fsp3) is 1.00. The van der Waals surface area contributed by atoms with E-state index in [0.29, 0.717) is 6.61 Å². The Hall–Kier alpha value is -0.120. The third kappa shape index (κ3) is 3.74. The monoisotopic (exact) mass is 214 g/mol. The van der Waals surface area contributed by atoms with Crippen molar-refractivity contribution in [1.29, 1.82) is 0 Å². The van der Waals surface area contributed by atoms with Crippen LogP contribution in [0.3, 0.4) is 0 Å². The van der Waals surface area contributed by atoms with E-state index in [1.54, 1.807) is 0 Å². The summed E-state index contributed by atoms with van der Waals surface area (Å²) >= 11 is 0. The average Bonchev–Trinajstić information content (AvgIpc) is 2.17. The van der Waals surface area contributed by atoms with Crippen molar-refractivity contribution in [3.63, 3.8) is 0 Å². The fourth-order valence-corrected chi connectivity index (χ4v) is 2.39. The van der Waals surface area contributed by atoms with Crippen LogP contribution in [0.15, 0.2) is 0 Å². The summed E-state index contributed by atoms with van der Waals surface area (Å²) in [6, 6.07) is 0. The number of hydrogen-bond donors (Lipinski definition) is 2. The van der Waals surface area contributed by atoms with Gasteiger partial charge >= 0.3 is 0 Å². The lowest BCUT2D eigenvalue weighted by atomic mass is 9.77. The molecule has 3 heteroatoms. The highest BCUT2D eigenvalue weighted by Crippen LogP contribution is 2.34. The molecule has 0 aromatic heterocycles. The minimum absolute atomic E-state index is 0.106. The second kappa shape index (κ2) is 4.81. The van der Waals surface area contributed by atoms with Crippen LogP contribution < -0.4 is 5.73 Å². The third-order valence-corrected chi connectivity index (χ3v) is 3.63. The summed E-state index contributed by atoms with van der Waals surface area (Å²) in [5, 5.41) is 9.42. The summed E-state index contributed by atoms with van der Waals surface area (Å²) in [5.41, 5.74) is 6.09. The molecule has 1 aliphatic rings. The van der Waals surface area contributed by atoms with Gasteiger partial charge in [-0.3, -0.25) is 0 Å². The molecule has 3 nitrogen and oxygen atoms in total. The molecule has 0 aromatic rings. The average molecular weight is 214 g/mol. The van der Waals surface area contributed by atoms with Crippen LogP contribution >= 0.6 is 0 Å². The molecule has 0 bridgehead atoms. The third-order valence-electron chi connectivity index (χ3n) is 3.63. The van der Waals surface area contributed by atoms with Gasteiger partial charge in [0.15, 0.2) is 0 Å². The van der Waals surface area contributed by atoms with E-state index in [2.05, 4.69) is 25.7 Å². The quantitative estimate of drug-likeness (QED) is 0.739. The van der Waals surface area contributed by atoms with Crippen molar-refractivity contribution in [2.24, 2.45) is 11.1 Å². The number of aliphatic hydroxyl groups is 1. The van der Waals surface area contributed by atoms with Crippen LogP contribution in [0.25, 0.3) is 0 Å². The number of aliphatic hydroxyl groups excluding tert-OH is 1. The van der Waals surface area contributed by atoms with Gasteiger partial charge in [0.1, 0.15) is 0 Å². The normalized spacial score (nSPS) is 23.0. The highest BCUT2D eigenvalue weighted by atomic mass is 16.3. The maximum atomic E-state index is 9.42. The minimum atomic E-state index is -0.106. The SMILES string of the molecule is CCC1(CO)CCN(CC(C)(C)N)CC1. The van der Waals surface area contributed by atoms with Crippen molar-refractivity contribution in [1.82, 2.24) is 4.90 Å². The fourth-order valence-electron chi connectivity index (χ4n) is 2.39. The van der Waals surface area contributed by atoms with Gasteiger partial charge in [-0.2, -0.15) is 0 Å². The Morgan fingerprint density at radius 2 is 1.87 bits per heavy atom. The molecule has 0 atom stereocenters. The molecule has 0 amide bonds. The lowest BCUT2D eigenvalue weighted by Crippen LogP contribution is -2.50. The molecular weight excluding hydrogens is 188 g/mol. The Balaban J connectivity index is 2.42. The van der Waals surface area contributed by atoms with Gasteiger partial charge in [-0.25, -0.2) is 0 Å². The van der Waals surface area contributed by atoms with Gasteiger partial charge < -0.3 is 15.7 Å². The molecule has 0 unspecified atom stereocenters. The standard InChI is InChI=1S/C12H26N2O/c1-4-12(10-15)5-7-14(8-6-12)9-11(2,3)13/h15H,4-10,13H2,1-3H3. The van der Waals surface area contributed by atoms with E-state index in [1.807, 2.05) is 0 Å². The molecule has 3 N–H and O–H groups in total. The van der Waals surface area contributed by atoms with Gasteiger partial charge in [0.05, 0.1) is 0 Å². The van der Waals surface area contributed by atoms with Gasteiger partial charge in [0.25, 0.3) is 0 Å². The molecule has 0 saturated carbocycles. The van der Waals surface area contributed by atoms with Crippen molar-refractivity contribution in [3.8, 4) is 0 Å². The van der Waals surface area contributed by atoms with Crippen LogP contribution in [-0.2, 0) is 0 Å². The molecule has 1 rings (SSSR count). The number of piperidine rings is 1. The van der Waals surface area contributed by atoms with Crippen molar-refractivity contribution < 1.29 is 5.11 Å². The largest absolute Gasteiger partial charge is 0.396 e. The van der Waals surface area contributed by atoms with Gasteiger partial charge in [0.2, 0.25) is 0 Å². The first-order chi connectivity index (χ1) is 6.91. The van der Waals surface area contributed by atoms with E-state index in [9.17, 15) is 5.11 Å². The number of nitrogens with two attached hydrogens (primary N) is 1. The molecule has 1 heterocycles. The highest BCUT2D eigenvalue weighted by molar-refractivity contribution is 4.87. The van der Waals surface area contributed by atoms with Crippen molar-refractivity contribution in [3.05, 3.63) is 0 Å². The molecule has 90 valence electrons. The molecule has 1 aliphatic heterocycles. The van der Waals surface area contributed by atoms with E-state index in [0.717, 1.165) is 38.9 Å². The predicted octanol–water partition coefficient (Wildman–Crippen LogP) is 1.21. The van der Waals surface area contributed by atoms with Crippen LogP contribution in [0, 0.1) is 5.41 Å². The van der Waals surface area contributed by atoms with Crippen LogP contribution in [0.4, 0.5) is 0 Å². The lowest BCUT2D eigenvalue weighted by molar-refractivity contribution is 0.0352. The molecule has 1 fully saturated rings. The molecule has 1 saturated heterocycles. The molecule has 0 radical (unpaired) electrons. The molecule has 0 aromatic carbocycles. The summed E-state index contributed by atoms with van der Waals surface area (Å²) < 4.78 is 0. The Labute approximate surface area is 93.6 Å². The first-order valence-electron chi connectivity index (χ1n) is 6.03. The minimum Gasteiger partial charge on any atom is -0.396 e. The zero-order valence-electron chi connectivity index (χ0n) is 10.4. The Morgan fingerprint density at radius 3 is 2.20 bits per heavy atom. The second-order valence-corrected chi connectivity index (χ2v) is 5.78. The zero-order valence-corrected chi connectivity index (χ0v) is 10.4. The number of likely N-dealkylation sites (tertiary alicyclic amines) is 1. The highest BCUT2D eigenvalue weighted by Gasteiger charge is 2.33. The molecular formula is C12H26N2O. The van der Waals surface area contributed by atoms with Crippen LogP contribution in [0.1, 0.15) is 40.0 Å². The van der Waals surface area contributed by atoms with Crippen molar-refractivity contribution in [2.75, 3.05) is 26.2 Å². The Morgan fingerprint density at radius 1 is 1.33 bits per heavy atom.